The van der Waals surface area contributed by atoms with Gasteiger partial charge in [0.25, 0.3) is 5.91 Å². The molecule has 0 heterocycles. The molecule has 0 saturated carbocycles. The van der Waals surface area contributed by atoms with Crippen LogP contribution in [-0.4, -0.2) is 19.1 Å². The zero-order chi connectivity index (χ0) is 16.1. The number of methoxy groups -OCH3 is 1. The Kier molecular flexibility index (Phi) is 5.22. The number of hydrogen-bond donors (Lipinski definition) is 1. The highest BCUT2D eigenvalue weighted by molar-refractivity contribution is 6.31. The molecule has 4 nitrogen and oxygen atoms in total. The Morgan fingerprint density at radius 1 is 1.18 bits per heavy atom. The molecule has 0 fully saturated rings. The maximum atomic E-state index is 13.7. The van der Waals surface area contributed by atoms with Crippen molar-refractivity contribution in [1.29, 1.82) is 0 Å². The van der Waals surface area contributed by atoms with Crippen LogP contribution in [0.15, 0.2) is 42.5 Å². The second-order valence-corrected chi connectivity index (χ2v) is 4.93. The lowest BCUT2D eigenvalue weighted by atomic mass is 10.2. The maximum Gasteiger partial charge on any atom is 0.265 e. The molecule has 1 amide bonds. The van der Waals surface area contributed by atoms with Crippen molar-refractivity contribution < 1.29 is 18.7 Å². The van der Waals surface area contributed by atoms with E-state index in [9.17, 15) is 9.18 Å². The lowest BCUT2D eigenvalue weighted by Gasteiger charge is -2.15. The van der Waals surface area contributed by atoms with Crippen molar-refractivity contribution >= 4 is 23.2 Å². The van der Waals surface area contributed by atoms with E-state index < -0.39 is 17.8 Å². The summed E-state index contributed by atoms with van der Waals surface area (Å²) in [7, 11) is 1.56. The zero-order valence-electron chi connectivity index (χ0n) is 12.1. The van der Waals surface area contributed by atoms with Gasteiger partial charge < -0.3 is 14.8 Å². The van der Waals surface area contributed by atoms with Crippen molar-refractivity contribution in [3.63, 3.8) is 0 Å². The number of anilines is 1. The normalized spacial score (nSPS) is 11.6. The van der Waals surface area contributed by atoms with Crippen LogP contribution < -0.4 is 14.8 Å². The fourth-order valence-electron chi connectivity index (χ4n) is 1.75. The predicted molar refractivity (Wildman–Crippen MR) is 83.1 cm³/mol. The quantitative estimate of drug-likeness (QED) is 0.908. The van der Waals surface area contributed by atoms with Crippen LogP contribution >= 0.6 is 11.6 Å². The summed E-state index contributed by atoms with van der Waals surface area (Å²) in [6.07, 6.45) is -0.799. The summed E-state index contributed by atoms with van der Waals surface area (Å²) in [6, 6.07) is 11.2. The fraction of sp³-hybridized carbons (Fsp3) is 0.188. The first-order chi connectivity index (χ1) is 10.5. The molecule has 0 aliphatic rings. The van der Waals surface area contributed by atoms with Gasteiger partial charge in [-0.1, -0.05) is 17.7 Å². The van der Waals surface area contributed by atoms with Crippen molar-refractivity contribution in [2.45, 2.75) is 13.0 Å². The number of hydrogen-bond acceptors (Lipinski definition) is 3. The molecule has 6 heteroatoms. The summed E-state index contributed by atoms with van der Waals surface area (Å²) < 4.78 is 24.3. The molecule has 0 saturated heterocycles. The predicted octanol–water partition coefficient (Wildman–Crippen LogP) is 3.89. The summed E-state index contributed by atoms with van der Waals surface area (Å²) in [5, 5.41) is 2.39. The van der Waals surface area contributed by atoms with Gasteiger partial charge in [-0.05, 0) is 43.3 Å². The SMILES string of the molecule is COc1ccc(OC(C)C(=O)Nc2cccc(Cl)c2F)cc1. The molecule has 0 radical (unpaired) electrons. The molecule has 0 aliphatic carbocycles. The molecule has 1 N–H and O–H groups in total. The van der Waals surface area contributed by atoms with E-state index >= 15 is 0 Å². The van der Waals surface area contributed by atoms with Crippen LogP contribution in [0.25, 0.3) is 0 Å². The van der Waals surface area contributed by atoms with Crippen LogP contribution in [0.5, 0.6) is 11.5 Å². The van der Waals surface area contributed by atoms with E-state index in [0.717, 1.165) is 0 Å². The topological polar surface area (TPSA) is 47.6 Å². The molecule has 1 atom stereocenters. The second-order valence-electron chi connectivity index (χ2n) is 4.53. The van der Waals surface area contributed by atoms with Gasteiger partial charge in [0, 0.05) is 0 Å². The second kappa shape index (κ2) is 7.13. The van der Waals surface area contributed by atoms with Gasteiger partial charge in [0.2, 0.25) is 0 Å². The van der Waals surface area contributed by atoms with E-state index in [1.54, 1.807) is 44.4 Å². The Balaban J connectivity index is 2.01. The number of benzene rings is 2. The van der Waals surface area contributed by atoms with Gasteiger partial charge in [-0.25, -0.2) is 4.39 Å². The van der Waals surface area contributed by atoms with Crippen molar-refractivity contribution in [3.05, 3.63) is 53.3 Å². The summed E-state index contributed by atoms with van der Waals surface area (Å²) in [5.74, 6) is 0.0478. The van der Waals surface area contributed by atoms with E-state index in [2.05, 4.69) is 5.32 Å². The van der Waals surface area contributed by atoms with Crippen LogP contribution in [0.3, 0.4) is 0 Å². The molecule has 2 aromatic carbocycles. The molecule has 0 bridgehead atoms. The van der Waals surface area contributed by atoms with Crippen LogP contribution in [-0.2, 0) is 4.79 Å². The molecule has 2 rings (SSSR count). The van der Waals surface area contributed by atoms with Crippen molar-refractivity contribution in [2.75, 3.05) is 12.4 Å². The number of rotatable bonds is 5. The maximum absolute atomic E-state index is 13.7. The molecule has 0 aliphatic heterocycles. The molecule has 116 valence electrons. The third-order valence-electron chi connectivity index (χ3n) is 2.95. The number of ether oxygens (including phenoxy) is 2. The highest BCUT2D eigenvalue weighted by Crippen LogP contribution is 2.23. The van der Waals surface area contributed by atoms with Gasteiger partial charge in [0.15, 0.2) is 11.9 Å². The third-order valence-corrected chi connectivity index (χ3v) is 3.24. The lowest BCUT2D eigenvalue weighted by molar-refractivity contribution is -0.122. The highest BCUT2D eigenvalue weighted by Gasteiger charge is 2.17. The average molecular weight is 324 g/mol. The van der Waals surface area contributed by atoms with Crippen LogP contribution in [0.4, 0.5) is 10.1 Å². The summed E-state index contributed by atoms with van der Waals surface area (Å²) >= 11 is 5.67. The molecular weight excluding hydrogens is 309 g/mol. The monoisotopic (exact) mass is 323 g/mol. The standard InChI is InChI=1S/C16H15ClFNO3/c1-10(22-12-8-6-11(21-2)7-9-12)16(20)19-14-5-3-4-13(17)15(14)18/h3-10H,1-2H3,(H,19,20). The minimum absolute atomic E-state index is 0.0164. The van der Waals surface area contributed by atoms with Crippen LogP contribution in [0.1, 0.15) is 6.92 Å². The van der Waals surface area contributed by atoms with Gasteiger partial charge >= 0.3 is 0 Å². The first kappa shape index (κ1) is 16.1. The molecule has 0 spiro atoms. The molecular formula is C16H15ClFNO3. The van der Waals surface area contributed by atoms with Crippen molar-refractivity contribution in [1.82, 2.24) is 0 Å². The van der Waals surface area contributed by atoms with E-state index in [0.29, 0.717) is 11.5 Å². The zero-order valence-corrected chi connectivity index (χ0v) is 12.9. The van der Waals surface area contributed by atoms with Gasteiger partial charge in [-0.2, -0.15) is 0 Å². The smallest absolute Gasteiger partial charge is 0.265 e. The van der Waals surface area contributed by atoms with Gasteiger partial charge in [0.05, 0.1) is 17.8 Å². The number of amides is 1. The van der Waals surface area contributed by atoms with Gasteiger partial charge in [0.1, 0.15) is 11.5 Å². The summed E-state index contributed by atoms with van der Waals surface area (Å²) in [4.78, 5) is 12.0. The highest BCUT2D eigenvalue weighted by atomic mass is 35.5. The van der Waals surface area contributed by atoms with Crippen LogP contribution in [0.2, 0.25) is 5.02 Å². The Bertz CT molecular complexity index is 661. The molecule has 0 aromatic heterocycles. The first-order valence-electron chi connectivity index (χ1n) is 6.57. The number of halogens is 2. The number of nitrogens with one attached hydrogen (secondary N) is 1. The molecule has 2 aromatic rings. The first-order valence-corrected chi connectivity index (χ1v) is 6.94. The van der Waals surface area contributed by atoms with E-state index in [4.69, 9.17) is 21.1 Å². The third kappa shape index (κ3) is 3.89. The Morgan fingerprint density at radius 3 is 2.45 bits per heavy atom. The number of carbonyl (C=O) groups is 1. The fourth-order valence-corrected chi connectivity index (χ4v) is 1.92. The Hall–Kier alpha value is -2.27. The Labute approximate surface area is 132 Å². The van der Waals surface area contributed by atoms with Crippen LogP contribution in [0, 0.1) is 5.82 Å². The van der Waals surface area contributed by atoms with Crippen molar-refractivity contribution in [3.8, 4) is 11.5 Å². The van der Waals surface area contributed by atoms with E-state index in [-0.39, 0.29) is 10.7 Å². The van der Waals surface area contributed by atoms with E-state index in [1.165, 1.54) is 12.1 Å². The minimum atomic E-state index is -0.799. The number of carbonyl (C=O) groups excluding carboxylic acids is 1. The molecule has 1 unspecified atom stereocenters. The minimum Gasteiger partial charge on any atom is -0.497 e. The summed E-state index contributed by atoms with van der Waals surface area (Å²) in [6.45, 7) is 1.57. The molecule has 22 heavy (non-hydrogen) atoms. The van der Waals surface area contributed by atoms with Gasteiger partial charge in [-0.3, -0.25) is 4.79 Å². The Morgan fingerprint density at radius 2 is 1.82 bits per heavy atom. The lowest BCUT2D eigenvalue weighted by Crippen LogP contribution is -2.30. The average Bonchev–Trinajstić information content (AvgIpc) is 2.52. The van der Waals surface area contributed by atoms with Gasteiger partial charge in [-0.15, -0.1) is 0 Å². The van der Waals surface area contributed by atoms with E-state index in [1.807, 2.05) is 0 Å². The van der Waals surface area contributed by atoms with Crippen molar-refractivity contribution in [2.24, 2.45) is 0 Å². The summed E-state index contributed by atoms with van der Waals surface area (Å²) in [5.41, 5.74) is 0.0164. The largest absolute Gasteiger partial charge is 0.497 e.